The molecule has 0 bridgehead atoms. The number of benzene rings is 2. The lowest BCUT2D eigenvalue weighted by molar-refractivity contribution is -0.385. The van der Waals surface area contributed by atoms with Gasteiger partial charge in [-0.1, -0.05) is 18.2 Å². The Morgan fingerprint density at radius 1 is 1.19 bits per heavy atom. The fourth-order valence-corrected chi connectivity index (χ4v) is 2.54. The highest BCUT2D eigenvalue weighted by Gasteiger charge is 2.14. The van der Waals surface area contributed by atoms with Gasteiger partial charge in [-0.2, -0.15) is 5.10 Å². The zero-order valence-corrected chi connectivity index (χ0v) is 15.1. The molecule has 0 aliphatic rings. The van der Waals surface area contributed by atoms with E-state index in [2.05, 4.69) is 29.3 Å². The van der Waals surface area contributed by atoms with Crippen LogP contribution in [0.3, 0.4) is 0 Å². The van der Waals surface area contributed by atoms with E-state index in [1.54, 1.807) is 13.0 Å². The molecule has 136 valence electrons. The van der Waals surface area contributed by atoms with Crippen molar-refractivity contribution in [3.05, 3.63) is 69.3 Å². The lowest BCUT2D eigenvalue weighted by Crippen LogP contribution is -2.21. The summed E-state index contributed by atoms with van der Waals surface area (Å²) < 4.78 is 0. The summed E-state index contributed by atoms with van der Waals surface area (Å²) in [6.45, 7) is 7.69. The van der Waals surface area contributed by atoms with Crippen LogP contribution in [0.15, 0.2) is 47.6 Å². The van der Waals surface area contributed by atoms with Gasteiger partial charge in [0.2, 0.25) is 0 Å². The molecule has 1 amide bonds. The number of anilines is 1. The predicted molar refractivity (Wildman–Crippen MR) is 103 cm³/mol. The number of hydrogen-bond acceptors (Lipinski definition) is 5. The van der Waals surface area contributed by atoms with Gasteiger partial charge in [-0.05, 0) is 44.5 Å². The van der Waals surface area contributed by atoms with Crippen molar-refractivity contribution in [1.82, 2.24) is 5.43 Å². The first-order valence-corrected chi connectivity index (χ1v) is 8.39. The first-order chi connectivity index (χ1) is 12.5. The van der Waals surface area contributed by atoms with Crippen LogP contribution in [-0.2, 0) is 0 Å². The van der Waals surface area contributed by atoms with Crippen LogP contribution in [0.25, 0.3) is 0 Å². The fourth-order valence-electron chi connectivity index (χ4n) is 2.54. The number of amides is 1. The summed E-state index contributed by atoms with van der Waals surface area (Å²) in [5.41, 5.74) is 4.97. The fraction of sp³-hybridized carbons (Fsp3) is 0.263. The minimum atomic E-state index is -0.507. The molecule has 0 spiro atoms. The van der Waals surface area contributed by atoms with E-state index in [4.69, 9.17) is 0 Å². The third kappa shape index (κ3) is 4.66. The molecule has 0 heterocycles. The van der Waals surface area contributed by atoms with Crippen LogP contribution in [0.1, 0.15) is 35.3 Å². The van der Waals surface area contributed by atoms with Crippen LogP contribution in [0.4, 0.5) is 11.4 Å². The Morgan fingerprint density at radius 2 is 1.85 bits per heavy atom. The zero-order valence-electron chi connectivity index (χ0n) is 15.1. The second-order valence-electron chi connectivity index (χ2n) is 5.72. The molecular weight excluding hydrogens is 332 g/mol. The Hall–Kier alpha value is -3.22. The van der Waals surface area contributed by atoms with E-state index >= 15 is 0 Å². The van der Waals surface area contributed by atoms with Gasteiger partial charge in [0.25, 0.3) is 11.6 Å². The topological polar surface area (TPSA) is 87.8 Å². The van der Waals surface area contributed by atoms with Gasteiger partial charge < -0.3 is 4.90 Å². The number of nitrogens with zero attached hydrogens (tertiary/aromatic N) is 3. The summed E-state index contributed by atoms with van der Waals surface area (Å²) >= 11 is 0. The number of hydrazone groups is 1. The largest absolute Gasteiger partial charge is 0.372 e. The van der Waals surface area contributed by atoms with Gasteiger partial charge in [-0.3, -0.25) is 14.9 Å². The average molecular weight is 354 g/mol. The maximum absolute atomic E-state index is 12.1. The third-order valence-corrected chi connectivity index (χ3v) is 4.07. The summed E-state index contributed by atoms with van der Waals surface area (Å²) in [5, 5.41) is 14.9. The molecule has 1 N–H and O–H groups in total. The molecule has 0 aromatic heterocycles. The molecule has 0 saturated carbocycles. The zero-order chi connectivity index (χ0) is 19.1. The minimum Gasteiger partial charge on any atom is -0.372 e. The molecule has 26 heavy (non-hydrogen) atoms. The van der Waals surface area contributed by atoms with E-state index < -0.39 is 10.8 Å². The lowest BCUT2D eigenvalue weighted by Gasteiger charge is -2.20. The van der Waals surface area contributed by atoms with Gasteiger partial charge in [-0.25, -0.2) is 5.43 Å². The van der Waals surface area contributed by atoms with E-state index in [0.29, 0.717) is 5.56 Å². The van der Waals surface area contributed by atoms with Crippen molar-refractivity contribution in [2.45, 2.75) is 20.8 Å². The van der Waals surface area contributed by atoms with Gasteiger partial charge >= 0.3 is 0 Å². The number of carbonyl (C=O) groups is 1. The van der Waals surface area contributed by atoms with Gasteiger partial charge in [0, 0.05) is 36.0 Å². The summed E-state index contributed by atoms with van der Waals surface area (Å²) in [5.74, 6) is -0.496. The summed E-state index contributed by atoms with van der Waals surface area (Å²) in [6.07, 6.45) is 1.53. The Bertz CT molecular complexity index is 812. The quantitative estimate of drug-likeness (QED) is 0.468. The number of carbonyl (C=O) groups excluding carboxylic acids is 1. The van der Waals surface area contributed by atoms with Crippen LogP contribution < -0.4 is 10.3 Å². The van der Waals surface area contributed by atoms with Crippen LogP contribution in [0.2, 0.25) is 0 Å². The number of aryl methyl sites for hydroxylation is 1. The molecule has 0 aliphatic heterocycles. The number of nitrogens with one attached hydrogen (secondary N) is 1. The molecule has 7 nitrogen and oxygen atoms in total. The van der Waals surface area contributed by atoms with Crippen molar-refractivity contribution in [2.75, 3.05) is 18.0 Å². The number of nitro benzene ring substituents is 1. The first-order valence-electron chi connectivity index (χ1n) is 8.39. The average Bonchev–Trinajstić information content (AvgIpc) is 2.64. The van der Waals surface area contributed by atoms with E-state index in [1.807, 2.05) is 24.3 Å². The van der Waals surface area contributed by atoms with Crippen molar-refractivity contribution < 1.29 is 9.72 Å². The second-order valence-corrected chi connectivity index (χ2v) is 5.72. The standard InChI is InChI=1S/C19H22N4O3/c1-4-22(5-2)17-10-7-15(8-11-17)13-20-21-19(24)16-9-6-14(3)18(12-16)23(25)26/h6-13H,4-5H2,1-3H3,(H,21,24). The van der Waals surface area contributed by atoms with Crippen molar-refractivity contribution in [3.8, 4) is 0 Å². The minimum absolute atomic E-state index is 0.0892. The van der Waals surface area contributed by atoms with Crippen LogP contribution in [0, 0.1) is 17.0 Å². The highest BCUT2D eigenvalue weighted by molar-refractivity contribution is 5.95. The first kappa shape index (κ1) is 19.1. The molecule has 2 rings (SSSR count). The molecule has 0 atom stereocenters. The molecule has 0 fully saturated rings. The molecular formula is C19H22N4O3. The van der Waals surface area contributed by atoms with Crippen molar-refractivity contribution in [1.29, 1.82) is 0 Å². The predicted octanol–water partition coefficient (Wildman–Crippen LogP) is 3.51. The highest BCUT2D eigenvalue weighted by Crippen LogP contribution is 2.19. The van der Waals surface area contributed by atoms with Crippen molar-refractivity contribution >= 4 is 23.5 Å². The number of hydrogen-bond donors (Lipinski definition) is 1. The monoisotopic (exact) mass is 354 g/mol. The molecule has 7 heteroatoms. The van der Waals surface area contributed by atoms with Crippen LogP contribution >= 0.6 is 0 Å². The maximum atomic E-state index is 12.1. The SMILES string of the molecule is CCN(CC)c1ccc(C=NNC(=O)c2ccc(C)c([N+](=O)[O-])c2)cc1. The van der Waals surface area contributed by atoms with Gasteiger partial charge in [0.1, 0.15) is 0 Å². The highest BCUT2D eigenvalue weighted by atomic mass is 16.6. The smallest absolute Gasteiger partial charge is 0.273 e. The number of nitro groups is 1. The molecule has 0 saturated heterocycles. The van der Waals surface area contributed by atoms with E-state index in [0.717, 1.165) is 24.3 Å². The van der Waals surface area contributed by atoms with Crippen LogP contribution in [-0.4, -0.2) is 30.1 Å². The lowest BCUT2D eigenvalue weighted by atomic mass is 10.1. The van der Waals surface area contributed by atoms with E-state index in [1.165, 1.54) is 18.3 Å². The Kier molecular flexibility index (Phi) is 6.43. The summed E-state index contributed by atoms with van der Waals surface area (Å²) in [4.78, 5) is 24.8. The van der Waals surface area contributed by atoms with E-state index in [-0.39, 0.29) is 11.3 Å². The van der Waals surface area contributed by atoms with Crippen molar-refractivity contribution in [3.63, 3.8) is 0 Å². The molecule has 2 aromatic carbocycles. The number of rotatable bonds is 7. The molecule has 0 radical (unpaired) electrons. The van der Waals surface area contributed by atoms with Gasteiger partial charge in [-0.15, -0.1) is 0 Å². The van der Waals surface area contributed by atoms with Gasteiger partial charge in [0.05, 0.1) is 11.1 Å². The maximum Gasteiger partial charge on any atom is 0.273 e. The second kappa shape index (κ2) is 8.75. The summed E-state index contributed by atoms with van der Waals surface area (Å²) in [7, 11) is 0. The Morgan fingerprint density at radius 3 is 2.42 bits per heavy atom. The third-order valence-electron chi connectivity index (χ3n) is 4.07. The van der Waals surface area contributed by atoms with Crippen molar-refractivity contribution in [2.24, 2.45) is 5.10 Å². The Balaban J connectivity index is 2.03. The molecule has 0 aliphatic carbocycles. The normalized spacial score (nSPS) is 10.7. The molecule has 0 unspecified atom stereocenters. The van der Waals surface area contributed by atoms with Crippen LogP contribution in [0.5, 0.6) is 0 Å². The Labute approximate surface area is 152 Å². The van der Waals surface area contributed by atoms with E-state index in [9.17, 15) is 14.9 Å². The van der Waals surface area contributed by atoms with Gasteiger partial charge in [0.15, 0.2) is 0 Å². The molecule has 2 aromatic rings. The summed E-state index contributed by atoms with van der Waals surface area (Å²) in [6, 6.07) is 12.2.